The number of nitrogens with zero attached hydrogens (tertiary/aromatic N) is 1. The fourth-order valence-electron chi connectivity index (χ4n) is 1.10. The van der Waals surface area contributed by atoms with E-state index in [0.717, 1.165) is 11.1 Å². The van der Waals surface area contributed by atoms with Gasteiger partial charge in [0.25, 0.3) is 0 Å². The fourth-order valence-corrected chi connectivity index (χ4v) is 1.59. The Morgan fingerprint density at radius 2 is 2.15 bits per heavy atom. The first-order chi connectivity index (χ1) is 6.13. The molecule has 0 heterocycles. The highest BCUT2D eigenvalue weighted by Gasteiger charge is 1.99. The molecule has 0 saturated heterocycles. The van der Waals surface area contributed by atoms with Gasteiger partial charge in [-0.25, -0.2) is 8.42 Å². The molecular weight excluding hydrogens is 186 g/mol. The Morgan fingerprint density at radius 3 is 2.62 bits per heavy atom. The van der Waals surface area contributed by atoms with Crippen molar-refractivity contribution in [1.82, 2.24) is 0 Å². The lowest BCUT2D eigenvalue weighted by atomic mass is 10.1. The van der Waals surface area contributed by atoms with Crippen LogP contribution >= 0.6 is 0 Å². The molecule has 0 radical (unpaired) electrons. The Bertz CT molecular complexity index is 422. The van der Waals surface area contributed by atoms with Crippen molar-refractivity contribution in [2.75, 3.05) is 0 Å². The standard InChI is InChI=1S/C9H9NO2S/c1-7-4-8(6-13(11)12)2-3-9(7)5-10/h2-4,13H,6H2,1H3. The summed E-state index contributed by atoms with van der Waals surface area (Å²) in [5.41, 5.74) is 2.13. The van der Waals surface area contributed by atoms with Crippen LogP contribution in [0, 0.1) is 18.3 Å². The summed E-state index contributed by atoms with van der Waals surface area (Å²) in [7, 11) is -2.39. The summed E-state index contributed by atoms with van der Waals surface area (Å²) in [5, 5.41) is 8.62. The van der Waals surface area contributed by atoms with E-state index in [-0.39, 0.29) is 5.75 Å². The summed E-state index contributed by atoms with van der Waals surface area (Å²) >= 11 is 0. The minimum atomic E-state index is -2.39. The van der Waals surface area contributed by atoms with Crippen LogP contribution in [0.2, 0.25) is 0 Å². The summed E-state index contributed by atoms with van der Waals surface area (Å²) in [6, 6.07) is 7.06. The average Bonchev–Trinajstić information content (AvgIpc) is 2.03. The number of thiol groups is 1. The first-order valence-electron chi connectivity index (χ1n) is 3.75. The molecule has 0 aliphatic carbocycles. The normalized spacial score (nSPS) is 9.92. The van der Waals surface area contributed by atoms with Crippen LogP contribution in [0.4, 0.5) is 0 Å². The molecule has 1 aromatic carbocycles. The molecule has 0 aliphatic rings. The Kier molecular flexibility index (Phi) is 3.04. The van der Waals surface area contributed by atoms with Crippen LogP contribution in [-0.2, 0) is 16.5 Å². The second-order valence-electron chi connectivity index (χ2n) is 2.75. The molecule has 1 rings (SSSR count). The molecule has 3 nitrogen and oxygen atoms in total. The molecule has 0 amide bonds. The Labute approximate surface area is 78.6 Å². The maximum Gasteiger partial charge on any atom is 0.144 e. The second kappa shape index (κ2) is 4.06. The van der Waals surface area contributed by atoms with Gasteiger partial charge in [-0.2, -0.15) is 5.26 Å². The zero-order chi connectivity index (χ0) is 9.84. The van der Waals surface area contributed by atoms with Crippen molar-refractivity contribution < 1.29 is 8.42 Å². The molecule has 0 aliphatic heterocycles. The van der Waals surface area contributed by atoms with Crippen LogP contribution in [0.15, 0.2) is 18.2 Å². The number of benzene rings is 1. The van der Waals surface area contributed by atoms with Crippen molar-refractivity contribution in [2.45, 2.75) is 12.7 Å². The van der Waals surface area contributed by atoms with Gasteiger partial charge in [-0.1, -0.05) is 12.1 Å². The van der Waals surface area contributed by atoms with E-state index >= 15 is 0 Å². The summed E-state index contributed by atoms with van der Waals surface area (Å²) in [4.78, 5) is 0. The van der Waals surface area contributed by atoms with E-state index in [2.05, 4.69) is 0 Å². The van der Waals surface area contributed by atoms with E-state index in [1.165, 1.54) is 0 Å². The molecule has 0 saturated carbocycles. The third kappa shape index (κ3) is 2.56. The van der Waals surface area contributed by atoms with Crippen LogP contribution in [-0.4, -0.2) is 8.42 Å². The summed E-state index contributed by atoms with van der Waals surface area (Å²) in [6.45, 7) is 1.79. The lowest BCUT2D eigenvalue weighted by molar-refractivity contribution is 0.614. The topological polar surface area (TPSA) is 57.9 Å². The molecule has 0 aromatic heterocycles. The van der Waals surface area contributed by atoms with Crippen LogP contribution in [0.3, 0.4) is 0 Å². The monoisotopic (exact) mass is 195 g/mol. The minimum Gasteiger partial charge on any atom is -0.232 e. The molecule has 0 spiro atoms. The van der Waals surface area contributed by atoms with Crippen molar-refractivity contribution in [3.63, 3.8) is 0 Å². The Morgan fingerprint density at radius 1 is 1.46 bits per heavy atom. The van der Waals surface area contributed by atoms with E-state index in [4.69, 9.17) is 5.26 Å². The van der Waals surface area contributed by atoms with E-state index < -0.39 is 10.7 Å². The van der Waals surface area contributed by atoms with Crippen LogP contribution in [0.5, 0.6) is 0 Å². The fraction of sp³-hybridized carbons (Fsp3) is 0.222. The number of hydrogen-bond donors (Lipinski definition) is 1. The molecule has 0 fully saturated rings. The highest BCUT2D eigenvalue weighted by Crippen LogP contribution is 2.10. The van der Waals surface area contributed by atoms with Crippen LogP contribution in [0.1, 0.15) is 16.7 Å². The highest BCUT2D eigenvalue weighted by atomic mass is 32.2. The molecule has 1 aromatic rings. The maximum absolute atomic E-state index is 10.4. The third-order valence-electron chi connectivity index (χ3n) is 1.72. The van der Waals surface area contributed by atoms with Gasteiger partial charge in [-0.05, 0) is 24.1 Å². The molecule has 0 unspecified atom stereocenters. The van der Waals surface area contributed by atoms with Gasteiger partial charge in [0.05, 0.1) is 17.4 Å². The van der Waals surface area contributed by atoms with Crippen LogP contribution < -0.4 is 0 Å². The van der Waals surface area contributed by atoms with Gasteiger partial charge in [-0.15, -0.1) is 0 Å². The van der Waals surface area contributed by atoms with E-state index in [1.807, 2.05) is 6.07 Å². The lowest BCUT2D eigenvalue weighted by Crippen LogP contribution is -1.89. The first kappa shape index (κ1) is 9.75. The quantitative estimate of drug-likeness (QED) is 0.715. The summed E-state index contributed by atoms with van der Waals surface area (Å²) in [6.07, 6.45) is 0. The van der Waals surface area contributed by atoms with Crippen LogP contribution in [0.25, 0.3) is 0 Å². The van der Waals surface area contributed by atoms with Crippen molar-refractivity contribution in [3.8, 4) is 6.07 Å². The lowest BCUT2D eigenvalue weighted by Gasteiger charge is -1.99. The highest BCUT2D eigenvalue weighted by molar-refractivity contribution is 7.71. The SMILES string of the molecule is Cc1cc(C[SH](=O)=O)ccc1C#N. The third-order valence-corrected chi connectivity index (χ3v) is 2.35. The molecule has 4 heteroatoms. The Hall–Kier alpha value is -1.34. The van der Waals surface area contributed by atoms with Crippen molar-refractivity contribution in [3.05, 3.63) is 34.9 Å². The maximum atomic E-state index is 10.4. The van der Waals surface area contributed by atoms with Gasteiger partial charge in [0, 0.05) is 0 Å². The molecular formula is C9H9NO2S. The van der Waals surface area contributed by atoms with E-state index in [9.17, 15) is 8.42 Å². The molecule has 0 bridgehead atoms. The van der Waals surface area contributed by atoms with Gasteiger partial charge in [-0.3, -0.25) is 0 Å². The predicted octanol–water partition coefficient (Wildman–Crippen LogP) is 0.978. The van der Waals surface area contributed by atoms with Gasteiger partial charge in [0.1, 0.15) is 10.7 Å². The molecule has 13 heavy (non-hydrogen) atoms. The second-order valence-corrected chi connectivity index (χ2v) is 3.73. The van der Waals surface area contributed by atoms with E-state index in [1.54, 1.807) is 25.1 Å². The minimum absolute atomic E-state index is 0.0435. The number of nitriles is 1. The summed E-state index contributed by atoms with van der Waals surface area (Å²) in [5.74, 6) is 0.0435. The predicted molar refractivity (Wildman–Crippen MR) is 49.9 cm³/mol. The number of rotatable bonds is 2. The van der Waals surface area contributed by atoms with Gasteiger partial charge in [0.2, 0.25) is 0 Å². The zero-order valence-corrected chi connectivity index (χ0v) is 8.04. The van der Waals surface area contributed by atoms with Crippen molar-refractivity contribution in [2.24, 2.45) is 0 Å². The zero-order valence-electron chi connectivity index (χ0n) is 7.15. The van der Waals surface area contributed by atoms with Gasteiger partial charge < -0.3 is 0 Å². The molecule has 0 N–H and O–H groups in total. The first-order valence-corrected chi connectivity index (χ1v) is 5.11. The molecule has 0 atom stereocenters. The molecule has 68 valence electrons. The number of hydrogen-bond acceptors (Lipinski definition) is 3. The van der Waals surface area contributed by atoms with Crippen molar-refractivity contribution >= 4 is 10.7 Å². The Balaban J connectivity index is 3.04. The average molecular weight is 195 g/mol. The largest absolute Gasteiger partial charge is 0.232 e. The van der Waals surface area contributed by atoms with Crippen molar-refractivity contribution in [1.29, 1.82) is 5.26 Å². The van der Waals surface area contributed by atoms with Gasteiger partial charge in [0.15, 0.2) is 0 Å². The van der Waals surface area contributed by atoms with E-state index in [0.29, 0.717) is 5.56 Å². The number of aryl methyl sites for hydroxylation is 1. The van der Waals surface area contributed by atoms with Gasteiger partial charge >= 0.3 is 0 Å². The summed E-state index contributed by atoms with van der Waals surface area (Å²) < 4.78 is 20.8. The smallest absolute Gasteiger partial charge is 0.144 e.